The molecule has 1 N–H and O–H groups in total. The molecular weight excluding hydrogens is 150 g/mol. The molecule has 2 nitrogen and oxygen atoms in total. The van der Waals surface area contributed by atoms with Crippen molar-refractivity contribution < 1.29 is 4.74 Å². The molecule has 2 heteroatoms. The van der Waals surface area contributed by atoms with E-state index < -0.39 is 0 Å². The predicted octanol–water partition coefficient (Wildman–Crippen LogP) is 1.97. The van der Waals surface area contributed by atoms with Gasteiger partial charge >= 0.3 is 0 Å². The van der Waals surface area contributed by atoms with Gasteiger partial charge in [0.1, 0.15) is 0 Å². The van der Waals surface area contributed by atoms with E-state index in [2.05, 4.69) is 18.8 Å². The average Bonchev–Trinajstić information content (AvgIpc) is 2.11. The van der Waals surface area contributed by atoms with Gasteiger partial charge in [0.25, 0.3) is 0 Å². The van der Waals surface area contributed by atoms with Crippen LogP contribution < -0.4 is 5.32 Å². The maximum absolute atomic E-state index is 5.02. The SMILES string of the molecule is C=C(CC)CC(CCOC)NC. The van der Waals surface area contributed by atoms with Crippen LogP contribution in [0.15, 0.2) is 12.2 Å². The quantitative estimate of drug-likeness (QED) is 0.591. The minimum Gasteiger partial charge on any atom is -0.385 e. The second-order valence-corrected chi connectivity index (χ2v) is 3.07. The molecule has 1 atom stereocenters. The first-order valence-electron chi connectivity index (χ1n) is 4.57. The summed E-state index contributed by atoms with van der Waals surface area (Å²) in [5.41, 5.74) is 1.31. The maximum Gasteiger partial charge on any atom is 0.0477 e. The van der Waals surface area contributed by atoms with Gasteiger partial charge in [0.2, 0.25) is 0 Å². The highest BCUT2D eigenvalue weighted by molar-refractivity contribution is 4.96. The molecule has 0 saturated heterocycles. The lowest BCUT2D eigenvalue weighted by Gasteiger charge is -2.16. The largest absolute Gasteiger partial charge is 0.385 e. The van der Waals surface area contributed by atoms with Crippen LogP contribution >= 0.6 is 0 Å². The van der Waals surface area contributed by atoms with Gasteiger partial charge in [-0.25, -0.2) is 0 Å². The van der Waals surface area contributed by atoms with Crippen LogP contribution in [0.1, 0.15) is 26.2 Å². The van der Waals surface area contributed by atoms with Gasteiger partial charge < -0.3 is 10.1 Å². The monoisotopic (exact) mass is 171 g/mol. The lowest BCUT2D eigenvalue weighted by molar-refractivity contribution is 0.183. The van der Waals surface area contributed by atoms with E-state index in [0.29, 0.717) is 6.04 Å². The smallest absolute Gasteiger partial charge is 0.0477 e. The van der Waals surface area contributed by atoms with Crippen molar-refractivity contribution in [1.29, 1.82) is 0 Å². The highest BCUT2D eigenvalue weighted by Gasteiger charge is 2.05. The zero-order valence-corrected chi connectivity index (χ0v) is 8.52. The molecule has 0 radical (unpaired) electrons. The first-order valence-corrected chi connectivity index (χ1v) is 4.57. The third-order valence-corrected chi connectivity index (χ3v) is 2.11. The lowest BCUT2D eigenvalue weighted by Crippen LogP contribution is -2.26. The second kappa shape index (κ2) is 7.32. The topological polar surface area (TPSA) is 21.3 Å². The molecular formula is C10H21NO. The van der Waals surface area contributed by atoms with Gasteiger partial charge in [-0.05, 0) is 26.3 Å². The van der Waals surface area contributed by atoms with E-state index in [4.69, 9.17) is 4.74 Å². The molecule has 0 aliphatic heterocycles. The summed E-state index contributed by atoms with van der Waals surface area (Å²) in [7, 11) is 3.73. The van der Waals surface area contributed by atoms with Crippen molar-refractivity contribution in [3.05, 3.63) is 12.2 Å². The number of hydrogen-bond acceptors (Lipinski definition) is 2. The number of nitrogens with one attached hydrogen (secondary N) is 1. The van der Waals surface area contributed by atoms with Crippen molar-refractivity contribution in [2.75, 3.05) is 20.8 Å². The molecule has 72 valence electrons. The number of methoxy groups -OCH3 is 1. The molecule has 1 unspecified atom stereocenters. The Morgan fingerprint density at radius 1 is 1.58 bits per heavy atom. The molecule has 0 spiro atoms. The molecule has 0 aromatic rings. The molecule has 0 bridgehead atoms. The van der Waals surface area contributed by atoms with Crippen molar-refractivity contribution in [2.45, 2.75) is 32.2 Å². The Morgan fingerprint density at radius 2 is 2.25 bits per heavy atom. The van der Waals surface area contributed by atoms with Crippen molar-refractivity contribution >= 4 is 0 Å². The summed E-state index contributed by atoms with van der Waals surface area (Å²) in [6.45, 7) is 6.95. The van der Waals surface area contributed by atoms with Crippen LogP contribution in [-0.2, 0) is 4.74 Å². The summed E-state index contributed by atoms with van der Waals surface area (Å²) in [5, 5.41) is 3.26. The summed E-state index contributed by atoms with van der Waals surface area (Å²) in [5.74, 6) is 0. The fourth-order valence-electron chi connectivity index (χ4n) is 1.10. The molecule has 0 aliphatic carbocycles. The molecule has 0 amide bonds. The van der Waals surface area contributed by atoms with Gasteiger partial charge in [0.15, 0.2) is 0 Å². The van der Waals surface area contributed by atoms with Crippen LogP contribution in [0.3, 0.4) is 0 Å². The zero-order chi connectivity index (χ0) is 9.40. The number of rotatable bonds is 7. The predicted molar refractivity (Wildman–Crippen MR) is 53.4 cm³/mol. The van der Waals surface area contributed by atoms with Crippen molar-refractivity contribution in [1.82, 2.24) is 5.32 Å². The van der Waals surface area contributed by atoms with Gasteiger partial charge in [0.05, 0.1) is 0 Å². The van der Waals surface area contributed by atoms with Gasteiger partial charge in [-0.1, -0.05) is 19.1 Å². The van der Waals surface area contributed by atoms with Crippen LogP contribution in [0.5, 0.6) is 0 Å². The maximum atomic E-state index is 5.02. The zero-order valence-electron chi connectivity index (χ0n) is 8.52. The van der Waals surface area contributed by atoms with Crippen LogP contribution in [0.2, 0.25) is 0 Å². The average molecular weight is 171 g/mol. The Morgan fingerprint density at radius 3 is 2.67 bits per heavy atom. The molecule has 0 fully saturated rings. The number of hydrogen-bond donors (Lipinski definition) is 1. The summed E-state index contributed by atoms with van der Waals surface area (Å²) in [6.07, 6.45) is 3.20. The Kier molecular flexibility index (Phi) is 7.11. The first kappa shape index (κ1) is 11.7. The van der Waals surface area contributed by atoms with Gasteiger partial charge in [-0.3, -0.25) is 0 Å². The van der Waals surface area contributed by atoms with Crippen molar-refractivity contribution in [3.8, 4) is 0 Å². The van der Waals surface area contributed by atoms with Crippen molar-refractivity contribution in [3.63, 3.8) is 0 Å². The highest BCUT2D eigenvalue weighted by atomic mass is 16.5. The third-order valence-electron chi connectivity index (χ3n) is 2.11. The van der Waals surface area contributed by atoms with E-state index in [1.807, 2.05) is 7.05 Å². The molecule has 0 heterocycles. The summed E-state index contributed by atoms with van der Waals surface area (Å²) < 4.78 is 5.02. The second-order valence-electron chi connectivity index (χ2n) is 3.07. The molecule has 12 heavy (non-hydrogen) atoms. The van der Waals surface area contributed by atoms with Crippen LogP contribution in [0, 0.1) is 0 Å². The van der Waals surface area contributed by atoms with Gasteiger partial charge in [0, 0.05) is 19.8 Å². The first-order chi connectivity index (χ1) is 5.74. The Labute approximate surface area is 76.0 Å². The fourth-order valence-corrected chi connectivity index (χ4v) is 1.10. The molecule has 0 aliphatic rings. The van der Waals surface area contributed by atoms with E-state index in [0.717, 1.165) is 25.9 Å². The summed E-state index contributed by atoms with van der Waals surface area (Å²) >= 11 is 0. The Bertz CT molecular complexity index is 123. The standard InChI is InChI=1S/C10H21NO/c1-5-9(2)8-10(11-3)6-7-12-4/h10-11H,2,5-8H2,1,3-4H3. The molecule has 0 rings (SSSR count). The fraction of sp³-hybridized carbons (Fsp3) is 0.800. The normalized spacial score (nSPS) is 12.9. The minimum atomic E-state index is 0.525. The van der Waals surface area contributed by atoms with E-state index in [1.165, 1.54) is 5.57 Å². The van der Waals surface area contributed by atoms with E-state index in [-0.39, 0.29) is 0 Å². The van der Waals surface area contributed by atoms with Crippen LogP contribution in [0.4, 0.5) is 0 Å². The van der Waals surface area contributed by atoms with Gasteiger partial charge in [-0.2, -0.15) is 0 Å². The lowest BCUT2D eigenvalue weighted by atomic mass is 10.0. The number of ether oxygens (including phenoxy) is 1. The van der Waals surface area contributed by atoms with Gasteiger partial charge in [-0.15, -0.1) is 0 Å². The Hall–Kier alpha value is -0.340. The van der Waals surface area contributed by atoms with Crippen LogP contribution in [0.25, 0.3) is 0 Å². The van der Waals surface area contributed by atoms with Crippen molar-refractivity contribution in [2.24, 2.45) is 0 Å². The summed E-state index contributed by atoms with van der Waals surface area (Å²) in [6, 6.07) is 0.525. The van der Waals surface area contributed by atoms with Crippen LogP contribution in [-0.4, -0.2) is 26.8 Å². The summed E-state index contributed by atoms with van der Waals surface area (Å²) in [4.78, 5) is 0. The van der Waals surface area contributed by atoms with E-state index in [1.54, 1.807) is 7.11 Å². The molecule has 0 aromatic carbocycles. The molecule has 0 saturated carbocycles. The Balaban J connectivity index is 3.59. The minimum absolute atomic E-state index is 0.525. The van der Waals surface area contributed by atoms with E-state index in [9.17, 15) is 0 Å². The molecule has 0 aromatic heterocycles. The van der Waals surface area contributed by atoms with E-state index >= 15 is 0 Å². The third kappa shape index (κ3) is 5.33. The highest BCUT2D eigenvalue weighted by Crippen LogP contribution is 2.09.